The zero-order chi connectivity index (χ0) is 14.5. The van der Waals surface area contributed by atoms with Gasteiger partial charge in [-0.3, -0.25) is 0 Å². The Morgan fingerprint density at radius 2 is 2.15 bits per heavy atom. The summed E-state index contributed by atoms with van der Waals surface area (Å²) in [4.78, 5) is 2.30. The van der Waals surface area contributed by atoms with Crippen LogP contribution < -0.4 is 10.5 Å². The number of nitrogens with zero attached hydrogens (tertiary/aromatic N) is 1. The normalized spacial score (nSPS) is 21.9. The highest BCUT2D eigenvalue weighted by Crippen LogP contribution is 2.27. The molecule has 2 unspecified atom stereocenters. The van der Waals surface area contributed by atoms with Crippen molar-refractivity contribution >= 4 is 0 Å². The highest BCUT2D eigenvalue weighted by Gasteiger charge is 2.21. The topological polar surface area (TPSA) is 38.5 Å². The summed E-state index contributed by atoms with van der Waals surface area (Å²) in [7, 11) is 0. The van der Waals surface area contributed by atoms with Crippen molar-refractivity contribution in [3.05, 3.63) is 29.8 Å². The molecule has 1 aliphatic heterocycles. The molecule has 1 fully saturated rings. The Morgan fingerprint density at radius 1 is 1.40 bits per heavy atom. The second-order valence-electron chi connectivity index (χ2n) is 5.53. The van der Waals surface area contributed by atoms with Gasteiger partial charge in [-0.1, -0.05) is 25.1 Å². The van der Waals surface area contributed by atoms with Crippen LogP contribution in [0.25, 0.3) is 0 Å². The maximum atomic E-state index is 12.4. The molecule has 0 bridgehead atoms. The number of hydrogen-bond acceptors (Lipinski definition) is 3. The summed E-state index contributed by atoms with van der Waals surface area (Å²) in [6.07, 6.45) is 2.42. The predicted octanol–water partition coefficient (Wildman–Crippen LogP) is 3.02. The summed E-state index contributed by atoms with van der Waals surface area (Å²) in [6.45, 7) is 2.12. The number of para-hydroxylation sites is 1. The molecule has 2 atom stereocenters. The summed E-state index contributed by atoms with van der Waals surface area (Å²) in [6, 6.07) is 6.47. The Hall–Kier alpha value is -1.20. The number of likely N-dealkylation sites (tertiary alicyclic amines) is 1. The molecule has 0 saturated carbocycles. The summed E-state index contributed by atoms with van der Waals surface area (Å²) >= 11 is 0. The van der Waals surface area contributed by atoms with Gasteiger partial charge in [-0.15, -0.1) is 0 Å². The Labute approximate surface area is 118 Å². The molecular weight excluding hydrogens is 262 g/mol. The summed E-state index contributed by atoms with van der Waals surface area (Å²) < 4.78 is 29.3. The van der Waals surface area contributed by atoms with Crippen LogP contribution in [0.5, 0.6) is 5.75 Å². The standard InChI is InChI=1S/C15H22F2N2O/c1-11-5-4-8-19(9-11)10-13(18)12-6-2-3-7-14(12)20-15(16)17/h2-3,6-7,11,13,15H,4-5,8-10,18H2,1H3. The van der Waals surface area contributed by atoms with Crippen LogP contribution in [0.1, 0.15) is 31.4 Å². The minimum atomic E-state index is -2.82. The number of ether oxygens (including phenoxy) is 1. The van der Waals surface area contributed by atoms with Gasteiger partial charge in [-0.25, -0.2) is 0 Å². The van der Waals surface area contributed by atoms with Crippen LogP contribution in [0, 0.1) is 5.92 Å². The van der Waals surface area contributed by atoms with Crippen molar-refractivity contribution in [3.63, 3.8) is 0 Å². The van der Waals surface area contributed by atoms with Crippen LogP contribution in [0.2, 0.25) is 0 Å². The molecule has 5 heteroatoms. The molecule has 20 heavy (non-hydrogen) atoms. The predicted molar refractivity (Wildman–Crippen MR) is 74.8 cm³/mol. The van der Waals surface area contributed by atoms with E-state index in [1.54, 1.807) is 24.3 Å². The maximum absolute atomic E-state index is 12.4. The third-order valence-corrected chi connectivity index (χ3v) is 3.73. The van der Waals surface area contributed by atoms with Crippen molar-refractivity contribution in [2.45, 2.75) is 32.4 Å². The van der Waals surface area contributed by atoms with E-state index in [1.165, 1.54) is 12.8 Å². The summed E-state index contributed by atoms with van der Waals surface area (Å²) in [5.41, 5.74) is 6.83. The van der Waals surface area contributed by atoms with E-state index in [1.807, 2.05) is 0 Å². The third-order valence-electron chi connectivity index (χ3n) is 3.73. The molecule has 0 radical (unpaired) electrons. The third kappa shape index (κ3) is 4.15. The van der Waals surface area contributed by atoms with E-state index in [0.29, 0.717) is 18.0 Å². The summed E-state index contributed by atoms with van der Waals surface area (Å²) in [5, 5.41) is 0. The van der Waals surface area contributed by atoms with E-state index in [9.17, 15) is 8.78 Å². The first-order valence-corrected chi connectivity index (χ1v) is 7.08. The molecule has 0 aliphatic carbocycles. The minimum absolute atomic E-state index is 0.181. The Bertz CT molecular complexity index is 428. The molecule has 3 nitrogen and oxygen atoms in total. The van der Waals surface area contributed by atoms with Crippen LogP contribution in [-0.4, -0.2) is 31.1 Å². The van der Waals surface area contributed by atoms with E-state index in [0.717, 1.165) is 13.1 Å². The highest BCUT2D eigenvalue weighted by molar-refractivity contribution is 5.36. The monoisotopic (exact) mass is 284 g/mol. The van der Waals surface area contributed by atoms with E-state index in [4.69, 9.17) is 5.73 Å². The SMILES string of the molecule is CC1CCCN(CC(N)c2ccccc2OC(F)F)C1. The lowest BCUT2D eigenvalue weighted by Gasteiger charge is -2.33. The van der Waals surface area contributed by atoms with Crippen LogP contribution in [-0.2, 0) is 0 Å². The molecule has 0 spiro atoms. The van der Waals surface area contributed by atoms with Crippen LogP contribution in [0.15, 0.2) is 24.3 Å². The molecule has 1 saturated heterocycles. The van der Waals surface area contributed by atoms with Gasteiger partial charge in [-0.05, 0) is 31.4 Å². The van der Waals surface area contributed by atoms with E-state index in [2.05, 4.69) is 16.6 Å². The molecule has 1 aromatic carbocycles. The Morgan fingerprint density at radius 3 is 2.85 bits per heavy atom. The van der Waals surface area contributed by atoms with Crippen LogP contribution in [0.4, 0.5) is 8.78 Å². The van der Waals surface area contributed by atoms with Crippen molar-refractivity contribution in [2.24, 2.45) is 11.7 Å². The van der Waals surface area contributed by atoms with Gasteiger partial charge in [-0.2, -0.15) is 8.78 Å². The first-order chi connectivity index (χ1) is 9.56. The van der Waals surface area contributed by atoms with Crippen molar-refractivity contribution in [3.8, 4) is 5.75 Å². The van der Waals surface area contributed by atoms with Gasteiger partial charge < -0.3 is 15.4 Å². The van der Waals surface area contributed by atoms with Crippen molar-refractivity contribution < 1.29 is 13.5 Å². The lowest BCUT2D eigenvalue weighted by molar-refractivity contribution is -0.0507. The average molecular weight is 284 g/mol. The average Bonchev–Trinajstić information content (AvgIpc) is 2.38. The van der Waals surface area contributed by atoms with Crippen molar-refractivity contribution in [1.29, 1.82) is 0 Å². The molecule has 2 rings (SSSR count). The quantitative estimate of drug-likeness (QED) is 0.903. The summed E-state index contributed by atoms with van der Waals surface area (Å²) in [5.74, 6) is 0.851. The van der Waals surface area contributed by atoms with Crippen molar-refractivity contribution in [1.82, 2.24) is 4.90 Å². The minimum Gasteiger partial charge on any atom is -0.434 e. The zero-order valence-corrected chi connectivity index (χ0v) is 11.8. The lowest BCUT2D eigenvalue weighted by Crippen LogP contribution is -2.39. The van der Waals surface area contributed by atoms with Gasteiger partial charge in [0.1, 0.15) is 5.75 Å². The maximum Gasteiger partial charge on any atom is 0.387 e. The van der Waals surface area contributed by atoms with Gasteiger partial charge in [0.25, 0.3) is 0 Å². The molecule has 1 aromatic rings. The van der Waals surface area contributed by atoms with Crippen LogP contribution in [0.3, 0.4) is 0 Å². The smallest absolute Gasteiger partial charge is 0.387 e. The van der Waals surface area contributed by atoms with Gasteiger partial charge >= 0.3 is 6.61 Å². The fraction of sp³-hybridized carbons (Fsp3) is 0.600. The fourth-order valence-corrected chi connectivity index (χ4v) is 2.82. The van der Waals surface area contributed by atoms with Gasteiger partial charge in [0.05, 0.1) is 0 Å². The van der Waals surface area contributed by atoms with Gasteiger partial charge in [0.15, 0.2) is 0 Å². The van der Waals surface area contributed by atoms with Crippen molar-refractivity contribution in [2.75, 3.05) is 19.6 Å². The molecule has 1 aliphatic rings. The second-order valence-corrected chi connectivity index (χ2v) is 5.53. The van der Waals surface area contributed by atoms with E-state index in [-0.39, 0.29) is 11.8 Å². The Kier molecular flexibility index (Phi) is 5.31. The number of piperidine rings is 1. The largest absolute Gasteiger partial charge is 0.434 e. The molecule has 112 valence electrons. The fourth-order valence-electron chi connectivity index (χ4n) is 2.82. The molecule has 1 heterocycles. The lowest BCUT2D eigenvalue weighted by atomic mass is 9.98. The first-order valence-electron chi connectivity index (χ1n) is 7.08. The first kappa shape index (κ1) is 15.2. The van der Waals surface area contributed by atoms with Gasteiger partial charge in [0.2, 0.25) is 0 Å². The van der Waals surface area contributed by atoms with Crippen LogP contribution >= 0.6 is 0 Å². The highest BCUT2D eigenvalue weighted by atomic mass is 19.3. The molecule has 2 N–H and O–H groups in total. The molecule has 0 aromatic heterocycles. The van der Waals surface area contributed by atoms with E-state index >= 15 is 0 Å². The number of halogens is 2. The van der Waals surface area contributed by atoms with Gasteiger partial charge in [0, 0.05) is 24.7 Å². The number of hydrogen-bond donors (Lipinski definition) is 1. The number of rotatable bonds is 5. The zero-order valence-electron chi connectivity index (χ0n) is 11.8. The Balaban J connectivity index is 2.02. The number of nitrogens with two attached hydrogens (primary N) is 1. The number of alkyl halides is 2. The van der Waals surface area contributed by atoms with E-state index < -0.39 is 6.61 Å². The second kappa shape index (κ2) is 6.99. The molecular formula is C15H22F2N2O. The molecule has 0 amide bonds. The number of benzene rings is 1.